The zero-order valence-electron chi connectivity index (χ0n) is 8.64. The molecule has 0 aliphatic carbocycles. The van der Waals surface area contributed by atoms with Crippen LogP contribution in [0, 0.1) is 5.92 Å². The molecule has 1 rings (SSSR count). The Morgan fingerprint density at radius 2 is 1.93 bits per heavy atom. The molecule has 1 aliphatic heterocycles. The normalized spacial score (nSPS) is 21.7. The number of carboxylic acid groups (broad SMARTS) is 2. The van der Waals surface area contributed by atoms with Crippen molar-refractivity contribution in [2.45, 2.75) is 26.2 Å². The van der Waals surface area contributed by atoms with Gasteiger partial charge < -0.3 is 19.7 Å². The average Bonchev–Trinajstić information content (AvgIpc) is 2.20. The van der Waals surface area contributed by atoms with Crippen LogP contribution in [0.3, 0.4) is 0 Å². The molecule has 2 N–H and O–H groups in total. The smallest absolute Gasteiger partial charge is 0.450 e. The standard InChI is InChI=1S/C8H14O3.CH2O3/c1-7-4-2-3-5-10-8(9)11-6-7;2-1(3)4/h7H,2-6H2,1H3;(H2,2,3,4). The maximum absolute atomic E-state index is 10.7. The van der Waals surface area contributed by atoms with Gasteiger partial charge in [0.05, 0.1) is 13.2 Å². The van der Waals surface area contributed by atoms with Crippen molar-refractivity contribution in [2.75, 3.05) is 13.2 Å². The van der Waals surface area contributed by atoms with Gasteiger partial charge in [-0.15, -0.1) is 0 Å². The highest BCUT2D eigenvalue weighted by molar-refractivity contribution is 5.59. The van der Waals surface area contributed by atoms with Gasteiger partial charge in [-0.2, -0.15) is 0 Å². The topological polar surface area (TPSA) is 93.1 Å². The fourth-order valence-corrected chi connectivity index (χ4v) is 1.09. The quantitative estimate of drug-likeness (QED) is 0.608. The van der Waals surface area contributed by atoms with Crippen LogP contribution >= 0.6 is 0 Å². The van der Waals surface area contributed by atoms with Crippen LogP contribution in [0.2, 0.25) is 0 Å². The molecule has 0 bridgehead atoms. The summed E-state index contributed by atoms with van der Waals surface area (Å²) in [4.78, 5) is 19.2. The second-order valence-corrected chi connectivity index (χ2v) is 3.29. The van der Waals surface area contributed by atoms with E-state index in [-0.39, 0.29) is 0 Å². The van der Waals surface area contributed by atoms with E-state index in [9.17, 15) is 4.79 Å². The van der Waals surface area contributed by atoms with Crippen molar-refractivity contribution in [3.63, 3.8) is 0 Å². The number of hydrogen-bond donors (Lipinski definition) is 2. The SMILES string of the molecule is CC1CCCCOC(=O)OC1.O=C(O)O. The lowest BCUT2D eigenvalue weighted by Gasteiger charge is -2.07. The molecule has 1 unspecified atom stereocenters. The van der Waals surface area contributed by atoms with Crippen molar-refractivity contribution in [3.8, 4) is 0 Å². The predicted molar refractivity (Wildman–Crippen MR) is 51.0 cm³/mol. The minimum atomic E-state index is -1.83. The minimum absolute atomic E-state index is 0.473. The average molecular weight is 220 g/mol. The maximum Gasteiger partial charge on any atom is 0.508 e. The maximum atomic E-state index is 10.7. The first-order valence-electron chi connectivity index (χ1n) is 4.73. The molecule has 0 aromatic heterocycles. The molecule has 0 saturated carbocycles. The number of ether oxygens (including phenoxy) is 2. The first-order chi connectivity index (χ1) is 7.02. The monoisotopic (exact) mass is 220 g/mol. The summed E-state index contributed by atoms with van der Waals surface area (Å²) in [6.07, 6.45) is 0.854. The molecule has 15 heavy (non-hydrogen) atoms. The van der Waals surface area contributed by atoms with Crippen molar-refractivity contribution in [3.05, 3.63) is 0 Å². The highest BCUT2D eigenvalue weighted by Gasteiger charge is 2.10. The van der Waals surface area contributed by atoms with Gasteiger partial charge in [0, 0.05) is 0 Å². The summed E-state index contributed by atoms with van der Waals surface area (Å²) in [5.74, 6) is 0.473. The van der Waals surface area contributed by atoms with Crippen LogP contribution in [0.5, 0.6) is 0 Å². The molecule has 1 heterocycles. The Kier molecular flexibility index (Phi) is 7.13. The molecule has 6 heteroatoms. The lowest BCUT2D eigenvalue weighted by molar-refractivity contribution is 0.0508. The van der Waals surface area contributed by atoms with Crippen LogP contribution in [0.15, 0.2) is 0 Å². The predicted octanol–water partition coefficient (Wildman–Crippen LogP) is 2.18. The van der Waals surface area contributed by atoms with Gasteiger partial charge in [-0.25, -0.2) is 9.59 Å². The second-order valence-electron chi connectivity index (χ2n) is 3.29. The Labute approximate surface area is 87.8 Å². The summed E-state index contributed by atoms with van der Waals surface area (Å²) in [6, 6.07) is 0. The van der Waals surface area contributed by atoms with E-state index in [1.165, 1.54) is 0 Å². The number of carbonyl (C=O) groups excluding carboxylic acids is 1. The van der Waals surface area contributed by atoms with Crippen molar-refractivity contribution in [2.24, 2.45) is 5.92 Å². The fraction of sp³-hybridized carbons (Fsp3) is 0.778. The number of carbonyl (C=O) groups is 2. The van der Waals surface area contributed by atoms with Gasteiger partial charge in [0.2, 0.25) is 0 Å². The summed E-state index contributed by atoms with van der Waals surface area (Å²) in [7, 11) is 0. The molecule has 1 aliphatic rings. The Hall–Kier alpha value is -1.46. The molecule has 0 aromatic carbocycles. The molecule has 1 fully saturated rings. The molecular weight excluding hydrogens is 204 g/mol. The zero-order chi connectivity index (χ0) is 11.7. The lowest BCUT2D eigenvalue weighted by atomic mass is 10.1. The van der Waals surface area contributed by atoms with Crippen LogP contribution in [0.4, 0.5) is 9.59 Å². The first kappa shape index (κ1) is 13.5. The summed E-state index contributed by atoms with van der Waals surface area (Å²) < 4.78 is 9.56. The molecule has 0 amide bonds. The largest absolute Gasteiger partial charge is 0.508 e. The third-order valence-electron chi connectivity index (χ3n) is 1.80. The third-order valence-corrected chi connectivity index (χ3v) is 1.80. The van der Waals surface area contributed by atoms with Crippen molar-refractivity contribution >= 4 is 12.3 Å². The van der Waals surface area contributed by atoms with Gasteiger partial charge in [0.15, 0.2) is 0 Å². The summed E-state index contributed by atoms with van der Waals surface area (Å²) >= 11 is 0. The van der Waals surface area contributed by atoms with Gasteiger partial charge >= 0.3 is 12.3 Å². The molecule has 1 saturated heterocycles. The van der Waals surface area contributed by atoms with Crippen LogP contribution in [0.25, 0.3) is 0 Å². The number of hydrogen-bond acceptors (Lipinski definition) is 4. The van der Waals surface area contributed by atoms with Crippen LogP contribution in [-0.4, -0.2) is 35.7 Å². The molecule has 0 radical (unpaired) electrons. The molecule has 0 spiro atoms. The van der Waals surface area contributed by atoms with Crippen molar-refractivity contribution in [1.82, 2.24) is 0 Å². The Morgan fingerprint density at radius 1 is 1.33 bits per heavy atom. The van der Waals surface area contributed by atoms with E-state index in [1.54, 1.807) is 0 Å². The van der Waals surface area contributed by atoms with Gasteiger partial charge in [-0.3, -0.25) is 0 Å². The van der Waals surface area contributed by atoms with Crippen molar-refractivity contribution < 1.29 is 29.3 Å². The van der Waals surface area contributed by atoms with Crippen LogP contribution < -0.4 is 0 Å². The Morgan fingerprint density at radius 3 is 2.53 bits per heavy atom. The fourth-order valence-electron chi connectivity index (χ4n) is 1.09. The molecule has 88 valence electrons. The van der Waals surface area contributed by atoms with Gasteiger partial charge in [-0.05, 0) is 25.2 Å². The highest BCUT2D eigenvalue weighted by Crippen LogP contribution is 2.10. The van der Waals surface area contributed by atoms with E-state index < -0.39 is 12.3 Å². The second kappa shape index (κ2) is 7.90. The lowest BCUT2D eigenvalue weighted by Crippen LogP contribution is -2.11. The van der Waals surface area contributed by atoms with E-state index in [0.29, 0.717) is 19.1 Å². The summed E-state index contributed by atoms with van der Waals surface area (Å²) in [5, 5.41) is 13.9. The summed E-state index contributed by atoms with van der Waals surface area (Å²) in [5.41, 5.74) is 0. The van der Waals surface area contributed by atoms with E-state index in [0.717, 1.165) is 19.3 Å². The molecule has 6 nitrogen and oxygen atoms in total. The number of rotatable bonds is 0. The zero-order valence-corrected chi connectivity index (χ0v) is 8.64. The van der Waals surface area contributed by atoms with Gasteiger partial charge in [0.25, 0.3) is 0 Å². The van der Waals surface area contributed by atoms with Crippen molar-refractivity contribution in [1.29, 1.82) is 0 Å². The van der Waals surface area contributed by atoms with E-state index in [1.807, 2.05) is 0 Å². The highest BCUT2D eigenvalue weighted by atomic mass is 16.7. The third kappa shape index (κ3) is 10.5. The Balaban J connectivity index is 0.000000423. The van der Waals surface area contributed by atoms with E-state index in [2.05, 4.69) is 6.92 Å². The van der Waals surface area contributed by atoms with Crippen LogP contribution in [-0.2, 0) is 9.47 Å². The molecular formula is C9H16O6. The molecule has 0 aromatic rings. The van der Waals surface area contributed by atoms with E-state index in [4.69, 9.17) is 24.5 Å². The van der Waals surface area contributed by atoms with Crippen LogP contribution in [0.1, 0.15) is 26.2 Å². The first-order valence-corrected chi connectivity index (χ1v) is 4.73. The molecule has 1 atom stereocenters. The Bertz CT molecular complexity index is 199. The van der Waals surface area contributed by atoms with E-state index >= 15 is 0 Å². The van der Waals surface area contributed by atoms with Gasteiger partial charge in [0.1, 0.15) is 0 Å². The summed E-state index contributed by atoms with van der Waals surface area (Å²) in [6.45, 7) is 3.09. The minimum Gasteiger partial charge on any atom is -0.450 e. The number of cyclic esters (lactones) is 2. The van der Waals surface area contributed by atoms with Gasteiger partial charge in [-0.1, -0.05) is 6.92 Å².